The van der Waals surface area contributed by atoms with E-state index < -0.39 is 0 Å². The van der Waals surface area contributed by atoms with Crippen molar-refractivity contribution in [3.8, 4) is 0 Å². The third kappa shape index (κ3) is 1.96. The van der Waals surface area contributed by atoms with E-state index in [2.05, 4.69) is 25.2 Å². The smallest absolute Gasteiger partial charge is 0.107 e. The van der Waals surface area contributed by atoms with E-state index in [9.17, 15) is 0 Å². The minimum Gasteiger partial charge on any atom is -0.466 e. The van der Waals surface area contributed by atoms with Crippen LogP contribution in [0, 0.1) is 5.92 Å². The lowest BCUT2D eigenvalue weighted by Crippen LogP contribution is -2.26. The van der Waals surface area contributed by atoms with Gasteiger partial charge in [-0.2, -0.15) is 0 Å². The molecule has 2 rings (SSSR count). The number of hydrogen-bond donors (Lipinski definition) is 1. The van der Waals surface area contributed by atoms with E-state index in [0.717, 1.165) is 31.1 Å². The second kappa shape index (κ2) is 4.40. The van der Waals surface area contributed by atoms with Crippen molar-refractivity contribution < 1.29 is 4.42 Å². The molecular weight excluding hydrogens is 186 g/mol. The molecule has 0 aliphatic heterocycles. The molecule has 0 bridgehead atoms. The highest BCUT2D eigenvalue weighted by Crippen LogP contribution is 2.37. The van der Waals surface area contributed by atoms with Gasteiger partial charge in [-0.25, -0.2) is 0 Å². The molecule has 0 fully saturated rings. The lowest BCUT2D eigenvalue weighted by molar-refractivity contribution is 0.354. The van der Waals surface area contributed by atoms with Crippen LogP contribution in [-0.2, 0) is 12.8 Å². The first kappa shape index (κ1) is 10.7. The van der Waals surface area contributed by atoms with Gasteiger partial charge in [-0.15, -0.1) is 0 Å². The lowest BCUT2D eigenvalue weighted by Gasteiger charge is -2.27. The fourth-order valence-electron chi connectivity index (χ4n) is 2.58. The van der Waals surface area contributed by atoms with E-state index >= 15 is 0 Å². The van der Waals surface area contributed by atoms with E-state index in [-0.39, 0.29) is 0 Å². The Morgan fingerprint density at radius 2 is 2.33 bits per heavy atom. The van der Waals surface area contributed by atoms with Crippen LogP contribution in [0.5, 0.6) is 0 Å². The number of rotatable bonds is 3. The van der Waals surface area contributed by atoms with Crippen LogP contribution in [0.3, 0.4) is 0 Å². The zero-order chi connectivity index (χ0) is 10.8. The highest BCUT2D eigenvalue weighted by Gasteiger charge is 2.28. The van der Waals surface area contributed by atoms with E-state index in [1.54, 1.807) is 0 Å². The van der Waals surface area contributed by atoms with Crippen molar-refractivity contribution in [1.82, 2.24) is 5.32 Å². The number of hydrogen-bond acceptors (Lipinski definition) is 2. The van der Waals surface area contributed by atoms with Gasteiger partial charge >= 0.3 is 0 Å². The minimum absolute atomic E-state index is 0.641. The van der Waals surface area contributed by atoms with Gasteiger partial charge in [0.05, 0.1) is 0 Å². The standard InChI is InChI=1S/C13H21NO/c1-4-10-7-11-12(8-14-3)9(2)5-6-13(11)15-10/h7,9,12,14H,4-6,8H2,1-3H3. The van der Waals surface area contributed by atoms with Crippen LogP contribution in [0.2, 0.25) is 0 Å². The molecule has 1 aromatic rings. The Morgan fingerprint density at radius 1 is 1.53 bits per heavy atom. The average Bonchev–Trinajstić information content (AvgIpc) is 2.66. The van der Waals surface area contributed by atoms with Crippen molar-refractivity contribution in [3.63, 3.8) is 0 Å². The molecule has 1 aliphatic carbocycles. The summed E-state index contributed by atoms with van der Waals surface area (Å²) in [7, 11) is 2.03. The molecule has 0 saturated heterocycles. The first-order chi connectivity index (χ1) is 7.26. The predicted molar refractivity (Wildman–Crippen MR) is 62.2 cm³/mol. The number of aryl methyl sites for hydroxylation is 2. The van der Waals surface area contributed by atoms with Gasteiger partial charge in [0.15, 0.2) is 0 Å². The number of nitrogens with one attached hydrogen (secondary N) is 1. The Hall–Kier alpha value is -0.760. The molecule has 1 aliphatic rings. The van der Waals surface area contributed by atoms with Crippen molar-refractivity contribution in [2.24, 2.45) is 5.92 Å². The second-order valence-corrected chi connectivity index (χ2v) is 4.62. The van der Waals surface area contributed by atoms with E-state index in [1.807, 2.05) is 7.05 Å². The molecule has 0 amide bonds. The molecule has 0 saturated carbocycles. The van der Waals surface area contributed by atoms with Crippen LogP contribution < -0.4 is 5.32 Å². The van der Waals surface area contributed by atoms with Crippen molar-refractivity contribution >= 4 is 0 Å². The summed E-state index contributed by atoms with van der Waals surface area (Å²) in [6.45, 7) is 5.57. The summed E-state index contributed by atoms with van der Waals surface area (Å²) in [6.07, 6.45) is 3.39. The van der Waals surface area contributed by atoms with Crippen molar-refractivity contribution in [2.75, 3.05) is 13.6 Å². The van der Waals surface area contributed by atoms with Crippen molar-refractivity contribution in [2.45, 2.75) is 39.0 Å². The summed E-state index contributed by atoms with van der Waals surface area (Å²) in [5, 5.41) is 3.29. The van der Waals surface area contributed by atoms with Gasteiger partial charge in [0.25, 0.3) is 0 Å². The van der Waals surface area contributed by atoms with Crippen LogP contribution in [0.4, 0.5) is 0 Å². The monoisotopic (exact) mass is 207 g/mol. The maximum Gasteiger partial charge on any atom is 0.107 e. The highest BCUT2D eigenvalue weighted by atomic mass is 16.3. The van der Waals surface area contributed by atoms with Gasteiger partial charge in [0.1, 0.15) is 11.5 Å². The molecule has 0 radical (unpaired) electrons. The zero-order valence-corrected chi connectivity index (χ0v) is 9.97. The normalized spacial score (nSPS) is 25.3. The van der Waals surface area contributed by atoms with Crippen LogP contribution in [0.15, 0.2) is 10.5 Å². The molecule has 1 heterocycles. The first-order valence-corrected chi connectivity index (χ1v) is 6.02. The van der Waals surface area contributed by atoms with E-state index in [4.69, 9.17) is 4.42 Å². The van der Waals surface area contributed by atoms with Gasteiger partial charge in [0.2, 0.25) is 0 Å². The number of likely N-dealkylation sites (N-methyl/N-ethyl adjacent to an activating group) is 1. The second-order valence-electron chi connectivity index (χ2n) is 4.62. The lowest BCUT2D eigenvalue weighted by atomic mass is 9.79. The Kier molecular flexibility index (Phi) is 3.15. The van der Waals surface area contributed by atoms with Crippen LogP contribution >= 0.6 is 0 Å². The van der Waals surface area contributed by atoms with Gasteiger partial charge < -0.3 is 9.73 Å². The summed E-state index contributed by atoms with van der Waals surface area (Å²) >= 11 is 0. The predicted octanol–water partition coefficient (Wildman–Crippen LogP) is 2.73. The van der Waals surface area contributed by atoms with Gasteiger partial charge in [-0.1, -0.05) is 13.8 Å². The van der Waals surface area contributed by atoms with Crippen LogP contribution in [0.25, 0.3) is 0 Å². The van der Waals surface area contributed by atoms with Crippen LogP contribution in [0.1, 0.15) is 43.3 Å². The van der Waals surface area contributed by atoms with Crippen molar-refractivity contribution in [1.29, 1.82) is 0 Å². The van der Waals surface area contributed by atoms with E-state index in [0.29, 0.717) is 5.92 Å². The van der Waals surface area contributed by atoms with Crippen molar-refractivity contribution in [3.05, 3.63) is 23.2 Å². The maximum absolute atomic E-state index is 5.85. The topological polar surface area (TPSA) is 25.2 Å². The Bertz CT molecular complexity index is 329. The first-order valence-electron chi connectivity index (χ1n) is 6.02. The summed E-state index contributed by atoms with van der Waals surface area (Å²) < 4.78 is 5.85. The zero-order valence-electron chi connectivity index (χ0n) is 9.97. The number of fused-ring (bicyclic) bond motifs is 1. The summed E-state index contributed by atoms with van der Waals surface area (Å²) in [6, 6.07) is 2.27. The SMILES string of the molecule is CCc1cc2c(o1)CCC(C)C2CNC. The maximum atomic E-state index is 5.85. The largest absolute Gasteiger partial charge is 0.466 e. The molecule has 15 heavy (non-hydrogen) atoms. The molecule has 2 unspecified atom stereocenters. The van der Waals surface area contributed by atoms with Gasteiger partial charge in [-0.3, -0.25) is 0 Å². The Balaban J connectivity index is 2.29. The van der Waals surface area contributed by atoms with Gasteiger partial charge in [0, 0.05) is 25.3 Å². The Morgan fingerprint density at radius 3 is 3.00 bits per heavy atom. The van der Waals surface area contributed by atoms with E-state index in [1.165, 1.54) is 17.7 Å². The molecule has 1 aromatic heterocycles. The molecule has 2 nitrogen and oxygen atoms in total. The average molecular weight is 207 g/mol. The molecule has 84 valence electrons. The molecule has 2 heteroatoms. The van der Waals surface area contributed by atoms with Gasteiger partial charge in [-0.05, 0) is 31.0 Å². The fourth-order valence-corrected chi connectivity index (χ4v) is 2.58. The highest BCUT2D eigenvalue weighted by molar-refractivity contribution is 5.29. The summed E-state index contributed by atoms with van der Waals surface area (Å²) in [5.41, 5.74) is 1.46. The fraction of sp³-hybridized carbons (Fsp3) is 0.692. The summed E-state index contributed by atoms with van der Waals surface area (Å²) in [5.74, 6) is 3.80. The van der Waals surface area contributed by atoms with Crippen LogP contribution in [-0.4, -0.2) is 13.6 Å². The third-order valence-electron chi connectivity index (χ3n) is 3.58. The summed E-state index contributed by atoms with van der Waals surface area (Å²) in [4.78, 5) is 0. The molecular formula is C13H21NO. The number of furan rings is 1. The molecule has 2 atom stereocenters. The quantitative estimate of drug-likeness (QED) is 0.824. The molecule has 0 aromatic carbocycles. The molecule has 0 spiro atoms. The minimum atomic E-state index is 0.641. The Labute approximate surface area is 92.1 Å². The third-order valence-corrected chi connectivity index (χ3v) is 3.58. The molecule has 1 N–H and O–H groups in total.